The summed E-state index contributed by atoms with van der Waals surface area (Å²) < 4.78 is 41.2. The van der Waals surface area contributed by atoms with E-state index in [1.807, 2.05) is 6.08 Å². The lowest BCUT2D eigenvalue weighted by Crippen LogP contribution is -2.30. The summed E-state index contributed by atoms with van der Waals surface area (Å²) in [6, 6.07) is 2.70. The Hall–Kier alpha value is -2.39. The maximum Gasteiger partial charge on any atom is 0.326 e. The normalized spacial score (nSPS) is 22.0. The first kappa shape index (κ1) is 17.4. The van der Waals surface area contributed by atoms with Gasteiger partial charge < -0.3 is 10.4 Å². The first-order chi connectivity index (χ1) is 11.8. The summed E-state index contributed by atoms with van der Waals surface area (Å²) >= 11 is 0. The number of aromatic hydroxyl groups is 1. The van der Waals surface area contributed by atoms with Gasteiger partial charge in [0.2, 0.25) is 0 Å². The second-order valence-corrected chi connectivity index (χ2v) is 7.47. The summed E-state index contributed by atoms with van der Waals surface area (Å²) in [7, 11) is -4.21. The van der Waals surface area contributed by atoms with E-state index in [2.05, 4.69) is 11.9 Å². The van der Waals surface area contributed by atoms with Crippen molar-refractivity contribution >= 4 is 27.4 Å². The van der Waals surface area contributed by atoms with Gasteiger partial charge in [0.25, 0.3) is 5.91 Å². The van der Waals surface area contributed by atoms with Crippen LogP contribution in [-0.2, 0) is 15.0 Å². The van der Waals surface area contributed by atoms with Crippen LogP contribution in [0.4, 0.5) is 10.1 Å². The molecule has 1 atom stereocenters. The first-order valence-electron chi connectivity index (χ1n) is 7.73. The summed E-state index contributed by atoms with van der Waals surface area (Å²) in [5.41, 5.74) is 0.339. The number of carbonyl (C=O) groups is 1. The zero-order valence-corrected chi connectivity index (χ0v) is 14.1. The number of hydrogen-bond donors (Lipinski definition) is 3. The molecule has 0 spiro atoms. The lowest BCUT2D eigenvalue weighted by Gasteiger charge is -2.18. The minimum absolute atomic E-state index is 0.0726. The molecule has 1 saturated heterocycles. The van der Waals surface area contributed by atoms with Crippen LogP contribution in [-0.4, -0.2) is 38.6 Å². The highest BCUT2D eigenvalue weighted by atomic mass is 32.2. The SMILES string of the molecule is C=CCC[C@@H]1C=C(c2ccc(O)c(N3CC(=O)NS3(=O)=O)c2F)CN1. The number of rotatable bonds is 5. The van der Waals surface area contributed by atoms with Crippen molar-refractivity contribution in [1.29, 1.82) is 0 Å². The first-order valence-corrected chi connectivity index (χ1v) is 9.17. The van der Waals surface area contributed by atoms with E-state index >= 15 is 0 Å². The topological polar surface area (TPSA) is 98.7 Å². The number of allylic oxidation sites excluding steroid dienone is 1. The molecule has 0 saturated carbocycles. The number of halogens is 1. The van der Waals surface area contributed by atoms with E-state index in [0.29, 0.717) is 16.4 Å². The molecule has 0 radical (unpaired) electrons. The zero-order valence-electron chi connectivity index (χ0n) is 13.3. The fourth-order valence-electron chi connectivity index (χ4n) is 2.96. The van der Waals surface area contributed by atoms with Crippen molar-refractivity contribution in [2.45, 2.75) is 18.9 Å². The molecule has 7 nitrogen and oxygen atoms in total. The van der Waals surface area contributed by atoms with Gasteiger partial charge in [-0.2, -0.15) is 8.42 Å². The van der Waals surface area contributed by atoms with E-state index in [0.717, 1.165) is 12.8 Å². The van der Waals surface area contributed by atoms with Crippen LogP contribution in [0.25, 0.3) is 5.57 Å². The minimum atomic E-state index is -4.21. The van der Waals surface area contributed by atoms with Crippen molar-refractivity contribution in [3.63, 3.8) is 0 Å². The molecule has 1 aromatic carbocycles. The van der Waals surface area contributed by atoms with E-state index in [9.17, 15) is 22.7 Å². The van der Waals surface area contributed by atoms with Gasteiger partial charge in [-0.15, -0.1) is 6.58 Å². The molecule has 1 fully saturated rings. The molecule has 0 unspecified atom stereocenters. The second kappa shape index (κ2) is 6.49. The molecule has 0 aliphatic carbocycles. The number of benzene rings is 1. The Kier molecular flexibility index (Phi) is 4.53. The Morgan fingerprint density at radius 3 is 2.84 bits per heavy atom. The summed E-state index contributed by atoms with van der Waals surface area (Å²) in [5.74, 6) is -2.20. The van der Waals surface area contributed by atoms with Gasteiger partial charge in [-0.25, -0.2) is 13.4 Å². The molecule has 9 heteroatoms. The summed E-state index contributed by atoms with van der Waals surface area (Å²) in [6.45, 7) is 3.52. The highest BCUT2D eigenvalue weighted by Crippen LogP contribution is 2.37. The lowest BCUT2D eigenvalue weighted by atomic mass is 10.0. The van der Waals surface area contributed by atoms with Crippen LogP contribution in [0.5, 0.6) is 5.75 Å². The average Bonchev–Trinajstić information content (AvgIpc) is 3.09. The molecule has 3 rings (SSSR count). The molecule has 3 N–H and O–H groups in total. The van der Waals surface area contributed by atoms with E-state index < -0.39 is 39.9 Å². The van der Waals surface area contributed by atoms with E-state index in [4.69, 9.17) is 0 Å². The summed E-state index contributed by atoms with van der Waals surface area (Å²) in [5, 5.41) is 13.2. The van der Waals surface area contributed by atoms with Crippen molar-refractivity contribution in [1.82, 2.24) is 10.0 Å². The molecular weight excluding hydrogens is 349 g/mol. The van der Waals surface area contributed by atoms with Gasteiger partial charge in [-0.05, 0) is 30.5 Å². The van der Waals surface area contributed by atoms with Crippen LogP contribution < -0.4 is 14.3 Å². The number of nitrogens with zero attached hydrogens (tertiary/aromatic N) is 1. The maximum atomic E-state index is 15.0. The Morgan fingerprint density at radius 1 is 1.44 bits per heavy atom. The van der Waals surface area contributed by atoms with Gasteiger partial charge in [-0.3, -0.25) is 4.79 Å². The number of anilines is 1. The number of carbonyl (C=O) groups excluding carboxylic acids is 1. The molecule has 1 aromatic rings. The lowest BCUT2D eigenvalue weighted by molar-refractivity contribution is -0.117. The summed E-state index contributed by atoms with van der Waals surface area (Å²) in [4.78, 5) is 11.4. The third-order valence-electron chi connectivity index (χ3n) is 4.15. The van der Waals surface area contributed by atoms with Crippen molar-refractivity contribution in [3.05, 3.63) is 42.2 Å². The molecular formula is C16H18FN3O4S. The van der Waals surface area contributed by atoms with Crippen molar-refractivity contribution < 1.29 is 22.7 Å². The van der Waals surface area contributed by atoms with E-state index in [1.165, 1.54) is 12.1 Å². The molecule has 2 aliphatic rings. The third kappa shape index (κ3) is 3.24. The highest BCUT2D eigenvalue weighted by molar-refractivity contribution is 7.92. The van der Waals surface area contributed by atoms with Crippen LogP contribution in [0.15, 0.2) is 30.9 Å². The van der Waals surface area contributed by atoms with Crippen LogP contribution in [0, 0.1) is 5.82 Å². The van der Waals surface area contributed by atoms with Crippen molar-refractivity contribution in [3.8, 4) is 5.75 Å². The molecule has 25 heavy (non-hydrogen) atoms. The van der Waals surface area contributed by atoms with Crippen LogP contribution in [0.1, 0.15) is 18.4 Å². The molecule has 134 valence electrons. The number of nitrogens with one attached hydrogen (secondary N) is 2. The van der Waals surface area contributed by atoms with Crippen molar-refractivity contribution in [2.75, 3.05) is 17.4 Å². The molecule has 0 aromatic heterocycles. The minimum Gasteiger partial charge on any atom is -0.506 e. The standard InChI is InChI=1S/C16H18FN3O4S/c1-2-3-4-11-7-10(8-18-11)12-5-6-13(21)16(15(12)17)20-9-14(22)19-25(20,23)24/h2,5-7,11,18,21H,1,3-4,8-9H2,(H,19,22)/t11-/m1/s1. The summed E-state index contributed by atoms with van der Waals surface area (Å²) in [6.07, 6.45) is 5.31. The predicted molar refractivity (Wildman–Crippen MR) is 91.7 cm³/mol. The number of phenolic OH excluding ortho intramolecular Hbond substituents is 1. The van der Waals surface area contributed by atoms with Crippen molar-refractivity contribution in [2.24, 2.45) is 0 Å². The fraction of sp³-hybridized carbons (Fsp3) is 0.312. The Bertz CT molecular complexity index is 866. The Balaban J connectivity index is 1.99. The van der Waals surface area contributed by atoms with Gasteiger partial charge in [0.15, 0.2) is 5.82 Å². The van der Waals surface area contributed by atoms with Gasteiger partial charge in [0, 0.05) is 18.2 Å². The van der Waals surface area contributed by atoms with Gasteiger partial charge >= 0.3 is 10.2 Å². The van der Waals surface area contributed by atoms with Crippen LogP contribution >= 0.6 is 0 Å². The molecule has 0 bridgehead atoms. The third-order valence-corrected chi connectivity index (χ3v) is 5.53. The van der Waals surface area contributed by atoms with Gasteiger partial charge in [-0.1, -0.05) is 12.2 Å². The average molecular weight is 367 g/mol. The smallest absolute Gasteiger partial charge is 0.326 e. The fourth-order valence-corrected chi connectivity index (χ4v) is 4.12. The zero-order chi connectivity index (χ0) is 18.2. The quantitative estimate of drug-likeness (QED) is 0.676. The number of hydrogen-bond acceptors (Lipinski definition) is 5. The number of amides is 1. The highest BCUT2D eigenvalue weighted by Gasteiger charge is 2.38. The van der Waals surface area contributed by atoms with Crippen LogP contribution in [0.2, 0.25) is 0 Å². The second-order valence-electron chi connectivity index (χ2n) is 5.88. The van der Waals surface area contributed by atoms with E-state index in [-0.39, 0.29) is 11.6 Å². The largest absolute Gasteiger partial charge is 0.506 e. The number of phenols is 1. The van der Waals surface area contributed by atoms with E-state index in [1.54, 1.807) is 10.8 Å². The monoisotopic (exact) mass is 367 g/mol. The van der Waals surface area contributed by atoms with Gasteiger partial charge in [0.1, 0.15) is 18.0 Å². The maximum absolute atomic E-state index is 15.0. The van der Waals surface area contributed by atoms with Gasteiger partial charge in [0.05, 0.1) is 0 Å². The van der Waals surface area contributed by atoms with Crippen LogP contribution in [0.3, 0.4) is 0 Å². The Morgan fingerprint density at radius 2 is 2.20 bits per heavy atom. The predicted octanol–water partition coefficient (Wildman–Crippen LogP) is 1.03. The molecule has 2 aliphatic heterocycles. The molecule has 1 amide bonds. The Labute approximate surface area is 145 Å². The molecule has 2 heterocycles.